The van der Waals surface area contributed by atoms with Gasteiger partial charge in [0.1, 0.15) is 11.3 Å². The fraction of sp³-hybridized carbons (Fsp3) is 0.222. The summed E-state index contributed by atoms with van der Waals surface area (Å²) in [5.41, 5.74) is 2.10. The lowest BCUT2D eigenvalue weighted by molar-refractivity contribution is 0.0914. The van der Waals surface area contributed by atoms with Crippen LogP contribution in [0.4, 0.5) is 0 Å². The zero-order chi connectivity index (χ0) is 17.8. The van der Waals surface area contributed by atoms with Crippen LogP contribution in [0.25, 0.3) is 22.6 Å². The normalized spacial score (nSPS) is 12.1. The molecule has 7 heteroatoms. The fourth-order valence-electron chi connectivity index (χ4n) is 2.37. The molecule has 3 aromatic rings. The number of aliphatic hydroxyl groups is 1. The molecule has 25 heavy (non-hydrogen) atoms. The van der Waals surface area contributed by atoms with Gasteiger partial charge < -0.3 is 14.9 Å². The molecule has 3 rings (SSSR count). The molecule has 130 valence electrons. The molecule has 0 fully saturated rings. The van der Waals surface area contributed by atoms with E-state index in [1.54, 1.807) is 12.1 Å². The van der Waals surface area contributed by atoms with E-state index in [-0.39, 0.29) is 12.5 Å². The van der Waals surface area contributed by atoms with Crippen molar-refractivity contribution in [3.63, 3.8) is 0 Å². The number of hydrogen-bond donors (Lipinski definition) is 2. The van der Waals surface area contributed by atoms with Gasteiger partial charge in [-0.1, -0.05) is 41.9 Å². The fourth-order valence-corrected chi connectivity index (χ4v) is 3.23. The Bertz CT molecular complexity index is 861. The van der Waals surface area contributed by atoms with Crippen LogP contribution in [0.2, 0.25) is 5.02 Å². The van der Waals surface area contributed by atoms with Gasteiger partial charge in [-0.05, 0) is 23.9 Å². The molecule has 0 spiro atoms. The Morgan fingerprint density at radius 3 is 2.88 bits per heavy atom. The number of rotatable bonds is 6. The van der Waals surface area contributed by atoms with E-state index in [1.807, 2.05) is 35.9 Å². The molecule has 5 nitrogen and oxygen atoms in total. The maximum absolute atomic E-state index is 12.8. The molecule has 2 heterocycles. The molecule has 0 aliphatic carbocycles. The van der Waals surface area contributed by atoms with Crippen LogP contribution in [0.1, 0.15) is 23.7 Å². The van der Waals surface area contributed by atoms with Crippen LogP contribution in [0.15, 0.2) is 45.6 Å². The molecule has 1 unspecified atom stereocenters. The van der Waals surface area contributed by atoms with Crippen LogP contribution < -0.4 is 5.32 Å². The third-order valence-electron chi connectivity index (χ3n) is 3.80. The molecule has 2 aromatic heterocycles. The minimum atomic E-state index is -0.600. The van der Waals surface area contributed by atoms with Gasteiger partial charge in [0.2, 0.25) is 0 Å². The van der Waals surface area contributed by atoms with E-state index < -0.39 is 6.10 Å². The van der Waals surface area contributed by atoms with Crippen molar-refractivity contribution in [1.82, 2.24) is 10.5 Å². The summed E-state index contributed by atoms with van der Waals surface area (Å²) in [7, 11) is 0. The molecule has 0 bridgehead atoms. The van der Waals surface area contributed by atoms with Crippen LogP contribution in [0.3, 0.4) is 0 Å². The van der Waals surface area contributed by atoms with E-state index in [0.29, 0.717) is 34.0 Å². The number of carbonyl (C=O) groups excluding carboxylic acids is 1. The Morgan fingerprint density at radius 2 is 2.20 bits per heavy atom. The van der Waals surface area contributed by atoms with E-state index in [0.717, 1.165) is 5.56 Å². The van der Waals surface area contributed by atoms with E-state index in [1.165, 1.54) is 11.3 Å². The van der Waals surface area contributed by atoms with E-state index in [9.17, 15) is 9.90 Å². The monoisotopic (exact) mass is 376 g/mol. The van der Waals surface area contributed by atoms with Gasteiger partial charge in [0.15, 0.2) is 5.76 Å². The van der Waals surface area contributed by atoms with Gasteiger partial charge >= 0.3 is 0 Å². The summed E-state index contributed by atoms with van der Waals surface area (Å²) < 4.78 is 5.48. The Hall–Kier alpha value is -2.15. The number of benzene rings is 1. The Balaban J connectivity index is 2.05. The second kappa shape index (κ2) is 7.82. The second-order valence-corrected chi connectivity index (χ2v) is 6.69. The van der Waals surface area contributed by atoms with Gasteiger partial charge in [0.25, 0.3) is 5.91 Å². The first kappa shape index (κ1) is 17.7. The van der Waals surface area contributed by atoms with Gasteiger partial charge in [-0.3, -0.25) is 4.79 Å². The minimum Gasteiger partial charge on any atom is -0.391 e. The third-order valence-corrected chi connectivity index (χ3v) is 4.81. The summed E-state index contributed by atoms with van der Waals surface area (Å²) in [5, 5.41) is 20.8. The SMILES string of the molecule is CCC(O)CNC(=O)c1c(-c2ccccc2Cl)noc1-c1ccsc1. The lowest BCUT2D eigenvalue weighted by atomic mass is 10.0. The minimum absolute atomic E-state index is 0.158. The first-order valence-electron chi connectivity index (χ1n) is 7.85. The maximum atomic E-state index is 12.8. The third kappa shape index (κ3) is 3.76. The summed E-state index contributed by atoms with van der Waals surface area (Å²) in [6, 6.07) is 9.01. The Labute approximate surface area is 154 Å². The first-order chi connectivity index (χ1) is 12.1. The summed E-state index contributed by atoms with van der Waals surface area (Å²) in [4.78, 5) is 12.8. The standard InChI is InChI=1S/C18H17ClN2O3S/c1-2-12(22)9-20-18(23)15-16(13-5-3-4-6-14(13)19)21-24-17(15)11-7-8-25-10-11/h3-8,10,12,22H,2,9H2,1H3,(H,20,23). The molecule has 2 N–H and O–H groups in total. The molecular weight excluding hydrogens is 360 g/mol. The highest BCUT2D eigenvalue weighted by molar-refractivity contribution is 7.08. The first-order valence-corrected chi connectivity index (χ1v) is 9.17. The van der Waals surface area contributed by atoms with Crippen LogP contribution in [-0.4, -0.2) is 28.8 Å². The quantitative estimate of drug-likeness (QED) is 0.675. The van der Waals surface area contributed by atoms with Crippen molar-refractivity contribution in [3.05, 3.63) is 51.7 Å². The highest BCUT2D eigenvalue weighted by atomic mass is 35.5. The van der Waals surface area contributed by atoms with Crippen molar-refractivity contribution in [2.75, 3.05) is 6.54 Å². The van der Waals surface area contributed by atoms with Gasteiger partial charge in [-0.15, -0.1) is 0 Å². The van der Waals surface area contributed by atoms with Crippen LogP contribution in [0, 0.1) is 0 Å². The number of aliphatic hydroxyl groups excluding tert-OH is 1. The lowest BCUT2D eigenvalue weighted by Gasteiger charge is -2.10. The molecule has 0 saturated heterocycles. The molecular formula is C18H17ClN2O3S. The summed E-state index contributed by atoms with van der Waals surface area (Å²) in [6.07, 6.45) is -0.0456. The van der Waals surface area contributed by atoms with Gasteiger partial charge in [0, 0.05) is 23.1 Å². The van der Waals surface area contributed by atoms with Gasteiger partial charge in [-0.2, -0.15) is 11.3 Å². The summed E-state index contributed by atoms with van der Waals surface area (Å²) in [5.74, 6) is 0.0320. The van der Waals surface area contributed by atoms with E-state index >= 15 is 0 Å². The van der Waals surface area contributed by atoms with E-state index in [2.05, 4.69) is 10.5 Å². The lowest BCUT2D eigenvalue weighted by Crippen LogP contribution is -2.32. The number of nitrogens with one attached hydrogen (secondary N) is 1. The molecule has 1 amide bonds. The van der Waals surface area contributed by atoms with Crippen LogP contribution >= 0.6 is 22.9 Å². The molecule has 1 aromatic carbocycles. The summed E-state index contributed by atoms with van der Waals surface area (Å²) >= 11 is 7.77. The molecule has 0 aliphatic rings. The summed E-state index contributed by atoms with van der Waals surface area (Å²) in [6.45, 7) is 2.01. The molecule has 0 saturated carbocycles. The smallest absolute Gasteiger partial charge is 0.257 e. The Morgan fingerprint density at radius 1 is 1.40 bits per heavy atom. The number of aromatic nitrogens is 1. The number of thiophene rings is 1. The zero-order valence-electron chi connectivity index (χ0n) is 13.5. The van der Waals surface area contributed by atoms with Crippen LogP contribution in [-0.2, 0) is 0 Å². The maximum Gasteiger partial charge on any atom is 0.257 e. The number of halogens is 1. The number of nitrogens with zero attached hydrogens (tertiary/aromatic N) is 1. The number of hydrogen-bond acceptors (Lipinski definition) is 5. The van der Waals surface area contributed by atoms with E-state index in [4.69, 9.17) is 16.1 Å². The molecule has 1 atom stereocenters. The number of carbonyl (C=O) groups is 1. The molecule has 0 radical (unpaired) electrons. The number of amides is 1. The van der Waals surface area contributed by atoms with Crippen molar-refractivity contribution < 1.29 is 14.4 Å². The van der Waals surface area contributed by atoms with Crippen molar-refractivity contribution in [2.45, 2.75) is 19.4 Å². The van der Waals surface area contributed by atoms with Gasteiger partial charge in [-0.25, -0.2) is 0 Å². The van der Waals surface area contributed by atoms with Crippen molar-refractivity contribution in [3.8, 4) is 22.6 Å². The highest BCUT2D eigenvalue weighted by Crippen LogP contribution is 2.36. The van der Waals surface area contributed by atoms with Gasteiger partial charge in [0.05, 0.1) is 11.1 Å². The van der Waals surface area contributed by atoms with Crippen LogP contribution in [0.5, 0.6) is 0 Å². The van der Waals surface area contributed by atoms with Crippen molar-refractivity contribution >= 4 is 28.8 Å². The highest BCUT2D eigenvalue weighted by Gasteiger charge is 2.26. The predicted molar refractivity (Wildman–Crippen MR) is 98.9 cm³/mol. The average Bonchev–Trinajstić information content (AvgIpc) is 3.28. The predicted octanol–water partition coefficient (Wildman–Crippen LogP) is 4.22. The zero-order valence-corrected chi connectivity index (χ0v) is 15.1. The van der Waals surface area contributed by atoms with Crippen molar-refractivity contribution in [1.29, 1.82) is 0 Å². The second-order valence-electron chi connectivity index (χ2n) is 5.50. The molecule has 0 aliphatic heterocycles. The average molecular weight is 377 g/mol. The topological polar surface area (TPSA) is 75.4 Å². The largest absolute Gasteiger partial charge is 0.391 e. The Kier molecular flexibility index (Phi) is 5.53. The van der Waals surface area contributed by atoms with Crippen molar-refractivity contribution in [2.24, 2.45) is 0 Å².